The Labute approximate surface area is 133 Å². The molecule has 0 saturated heterocycles. The van der Waals surface area contributed by atoms with Gasteiger partial charge in [0, 0.05) is 17.2 Å². The Kier molecular flexibility index (Phi) is 4.04. The van der Waals surface area contributed by atoms with Crippen LogP contribution in [0, 0.1) is 5.92 Å². The van der Waals surface area contributed by atoms with E-state index >= 15 is 0 Å². The van der Waals surface area contributed by atoms with E-state index in [1.165, 1.54) is 0 Å². The zero-order chi connectivity index (χ0) is 15.0. The molecule has 0 radical (unpaired) electrons. The number of benzene rings is 1. The Balaban J connectivity index is 2.06. The van der Waals surface area contributed by atoms with Crippen LogP contribution >= 0.6 is 23.4 Å². The van der Waals surface area contributed by atoms with Gasteiger partial charge in [-0.3, -0.25) is 4.99 Å². The predicted octanol–water partition coefficient (Wildman–Crippen LogP) is 3.81. The zero-order valence-electron chi connectivity index (χ0n) is 12.1. The number of methoxy groups -OCH3 is 1. The fourth-order valence-corrected chi connectivity index (χ4v) is 3.60. The molecule has 0 aliphatic carbocycles. The number of thioether (sulfide) groups is 1. The van der Waals surface area contributed by atoms with Crippen molar-refractivity contribution in [2.24, 2.45) is 10.9 Å². The molecule has 110 valence electrons. The second-order valence-corrected chi connectivity index (χ2v) is 6.64. The Morgan fingerprint density at radius 3 is 2.81 bits per heavy atom. The summed E-state index contributed by atoms with van der Waals surface area (Å²) in [5.74, 6) is 2.86. The van der Waals surface area contributed by atoms with Crippen LogP contribution in [-0.2, 0) is 0 Å². The quantitative estimate of drug-likeness (QED) is 0.806. The minimum Gasteiger partial charge on any atom is -0.497 e. The zero-order valence-corrected chi connectivity index (χ0v) is 13.7. The van der Waals surface area contributed by atoms with E-state index in [-0.39, 0.29) is 0 Å². The van der Waals surface area contributed by atoms with E-state index in [4.69, 9.17) is 21.3 Å². The molecule has 1 aromatic heterocycles. The van der Waals surface area contributed by atoms with Crippen molar-refractivity contribution in [3.8, 4) is 5.75 Å². The second kappa shape index (κ2) is 5.81. The maximum Gasteiger partial charge on any atom is 0.186 e. The number of aromatic nitrogens is 2. The molecule has 2 aromatic rings. The van der Waals surface area contributed by atoms with Crippen molar-refractivity contribution < 1.29 is 4.74 Å². The van der Waals surface area contributed by atoms with Gasteiger partial charge in [0.1, 0.15) is 15.9 Å². The van der Waals surface area contributed by atoms with Crippen molar-refractivity contribution >= 4 is 39.3 Å². The van der Waals surface area contributed by atoms with Crippen LogP contribution in [-0.4, -0.2) is 33.9 Å². The monoisotopic (exact) mass is 321 g/mol. The van der Waals surface area contributed by atoms with Crippen molar-refractivity contribution in [1.29, 1.82) is 0 Å². The van der Waals surface area contributed by atoms with Crippen LogP contribution in [0.4, 0.5) is 0 Å². The molecule has 1 unspecified atom stereocenters. The lowest BCUT2D eigenvalue weighted by atomic mass is 10.1. The van der Waals surface area contributed by atoms with E-state index in [0.29, 0.717) is 22.9 Å². The van der Waals surface area contributed by atoms with Gasteiger partial charge in [0.05, 0.1) is 18.7 Å². The Morgan fingerprint density at radius 1 is 1.33 bits per heavy atom. The Hall–Kier alpha value is -1.33. The molecule has 0 fully saturated rings. The minimum atomic E-state index is 0.327. The average Bonchev–Trinajstić information content (AvgIpc) is 2.96. The number of hydrogen-bond acceptors (Lipinski definition) is 5. The first-order chi connectivity index (χ1) is 10.1. The summed E-state index contributed by atoms with van der Waals surface area (Å²) in [4.78, 5) is 13.7. The number of fused-ring (bicyclic) bond motifs is 1. The summed E-state index contributed by atoms with van der Waals surface area (Å²) < 4.78 is 5.24. The molecule has 3 rings (SSSR count). The van der Waals surface area contributed by atoms with Gasteiger partial charge in [-0.1, -0.05) is 25.4 Å². The topological polar surface area (TPSA) is 47.4 Å². The van der Waals surface area contributed by atoms with Crippen LogP contribution < -0.4 is 4.74 Å². The Bertz CT molecular complexity index is 717. The number of nitrogens with zero attached hydrogens (tertiary/aromatic N) is 3. The summed E-state index contributed by atoms with van der Waals surface area (Å²) in [6.45, 7) is 4.35. The summed E-state index contributed by atoms with van der Waals surface area (Å²) >= 11 is 7.97. The standard InChI is InChI=1S/C15H16ClN3OS/c1-8(2)12-7-21-15(18-12)14-17-11-6-9(20-3)4-5-10(11)13(16)19-14/h4-6,8,12H,7H2,1-3H3. The van der Waals surface area contributed by atoms with Crippen molar-refractivity contribution in [3.63, 3.8) is 0 Å². The van der Waals surface area contributed by atoms with E-state index < -0.39 is 0 Å². The number of halogens is 1. The number of aliphatic imine (C=N–C) groups is 1. The maximum atomic E-state index is 6.28. The van der Waals surface area contributed by atoms with Crippen LogP contribution in [0.15, 0.2) is 23.2 Å². The van der Waals surface area contributed by atoms with Crippen molar-refractivity contribution in [3.05, 3.63) is 29.2 Å². The average molecular weight is 322 g/mol. The third-order valence-electron chi connectivity index (χ3n) is 3.49. The number of rotatable bonds is 3. The SMILES string of the molecule is COc1ccc2c(Cl)nc(C3=NC(C(C)C)CS3)nc2c1. The van der Waals surface area contributed by atoms with Gasteiger partial charge in [0.25, 0.3) is 0 Å². The third-order valence-corrected chi connectivity index (χ3v) is 4.85. The highest BCUT2D eigenvalue weighted by Gasteiger charge is 2.24. The van der Waals surface area contributed by atoms with E-state index in [2.05, 4.69) is 23.8 Å². The molecule has 2 heterocycles. The first-order valence-electron chi connectivity index (χ1n) is 6.80. The van der Waals surface area contributed by atoms with Gasteiger partial charge in [-0.05, 0) is 18.1 Å². The van der Waals surface area contributed by atoms with Crippen molar-refractivity contribution in [2.75, 3.05) is 12.9 Å². The fourth-order valence-electron chi connectivity index (χ4n) is 2.15. The van der Waals surface area contributed by atoms with Crippen LogP contribution in [0.5, 0.6) is 5.75 Å². The van der Waals surface area contributed by atoms with Gasteiger partial charge in [-0.15, -0.1) is 11.8 Å². The molecule has 1 aromatic carbocycles. The molecular formula is C15H16ClN3OS. The highest BCUT2D eigenvalue weighted by Crippen LogP contribution is 2.29. The van der Waals surface area contributed by atoms with E-state index in [1.54, 1.807) is 18.9 Å². The molecule has 1 atom stereocenters. The molecule has 1 aliphatic heterocycles. The third kappa shape index (κ3) is 2.85. The molecule has 0 spiro atoms. The Morgan fingerprint density at radius 2 is 2.14 bits per heavy atom. The summed E-state index contributed by atoms with van der Waals surface area (Å²) in [6, 6.07) is 5.93. The highest BCUT2D eigenvalue weighted by atomic mass is 35.5. The molecule has 0 amide bonds. The summed E-state index contributed by atoms with van der Waals surface area (Å²) in [5.41, 5.74) is 0.778. The van der Waals surface area contributed by atoms with E-state index in [1.807, 2.05) is 18.2 Å². The van der Waals surface area contributed by atoms with E-state index in [0.717, 1.165) is 27.4 Å². The molecule has 0 saturated carbocycles. The molecule has 1 aliphatic rings. The van der Waals surface area contributed by atoms with Gasteiger partial charge in [-0.2, -0.15) is 0 Å². The molecular weight excluding hydrogens is 306 g/mol. The van der Waals surface area contributed by atoms with Gasteiger partial charge >= 0.3 is 0 Å². The first kappa shape index (κ1) is 14.6. The van der Waals surface area contributed by atoms with Crippen LogP contribution in [0.25, 0.3) is 10.9 Å². The van der Waals surface area contributed by atoms with Crippen LogP contribution in [0.1, 0.15) is 19.7 Å². The number of hydrogen-bond donors (Lipinski definition) is 0. The van der Waals surface area contributed by atoms with Crippen molar-refractivity contribution in [2.45, 2.75) is 19.9 Å². The fraction of sp³-hybridized carbons (Fsp3) is 0.400. The van der Waals surface area contributed by atoms with Gasteiger partial charge in [0.2, 0.25) is 0 Å². The summed E-state index contributed by atoms with van der Waals surface area (Å²) in [6.07, 6.45) is 0. The maximum absolute atomic E-state index is 6.28. The van der Waals surface area contributed by atoms with Gasteiger partial charge in [-0.25, -0.2) is 9.97 Å². The summed E-state index contributed by atoms with van der Waals surface area (Å²) in [7, 11) is 1.63. The lowest BCUT2D eigenvalue weighted by Gasteiger charge is -2.08. The van der Waals surface area contributed by atoms with Crippen LogP contribution in [0.3, 0.4) is 0 Å². The van der Waals surface area contributed by atoms with Crippen molar-refractivity contribution in [1.82, 2.24) is 9.97 Å². The largest absolute Gasteiger partial charge is 0.497 e. The smallest absolute Gasteiger partial charge is 0.186 e. The predicted molar refractivity (Wildman–Crippen MR) is 88.7 cm³/mol. The molecule has 0 bridgehead atoms. The highest BCUT2D eigenvalue weighted by molar-refractivity contribution is 8.14. The second-order valence-electron chi connectivity index (χ2n) is 5.28. The normalized spacial score (nSPS) is 18.3. The van der Waals surface area contributed by atoms with Gasteiger partial charge < -0.3 is 4.74 Å². The lowest BCUT2D eigenvalue weighted by Crippen LogP contribution is -2.11. The van der Waals surface area contributed by atoms with Gasteiger partial charge in [0.15, 0.2) is 5.82 Å². The molecule has 6 heteroatoms. The van der Waals surface area contributed by atoms with Crippen LogP contribution in [0.2, 0.25) is 5.15 Å². The lowest BCUT2D eigenvalue weighted by molar-refractivity contribution is 0.415. The minimum absolute atomic E-state index is 0.327. The van der Waals surface area contributed by atoms with E-state index in [9.17, 15) is 0 Å². The molecule has 4 nitrogen and oxygen atoms in total. The number of ether oxygens (including phenoxy) is 1. The molecule has 0 N–H and O–H groups in total. The first-order valence-corrected chi connectivity index (χ1v) is 8.17. The summed E-state index contributed by atoms with van der Waals surface area (Å²) in [5, 5.41) is 2.15. The molecule has 21 heavy (non-hydrogen) atoms.